The van der Waals surface area contributed by atoms with E-state index in [1.54, 1.807) is 29.9 Å². The molecule has 1 aromatic carbocycles. The zero-order valence-corrected chi connectivity index (χ0v) is 8.23. The van der Waals surface area contributed by atoms with Gasteiger partial charge in [-0.1, -0.05) is 11.6 Å². The number of rotatable bonds is 1. The third kappa shape index (κ3) is 1.54. The van der Waals surface area contributed by atoms with Crippen LogP contribution < -0.4 is 5.73 Å². The van der Waals surface area contributed by atoms with E-state index in [0.29, 0.717) is 16.5 Å². The average molecular weight is 210 g/mol. The molecule has 0 radical (unpaired) electrons. The number of hydrogen-bond donors (Lipinski definition) is 1. The molecule has 2 aromatic rings. The van der Waals surface area contributed by atoms with Crippen molar-refractivity contribution in [3.05, 3.63) is 23.2 Å². The maximum absolute atomic E-state index is 5.86. The molecule has 0 atom stereocenters. The summed E-state index contributed by atoms with van der Waals surface area (Å²) in [6.07, 6.45) is 0. The second-order valence-electron chi connectivity index (χ2n) is 2.90. The van der Waals surface area contributed by atoms with Gasteiger partial charge in [-0.15, -0.1) is 5.10 Å². The van der Waals surface area contributed by atoms with Crippen LogP contribution in [-0.4, -0.2) is 20.2 Å². The molecule has 0 saturated heterocycles. The van der Waals surface area contributed by atoms with Crippen LogP contribution >= 0.6 is 11.6 Å². The summed E-state index contributed by atoms with van der Waals surface area (Å²) in [5, 5.41) is 11.7. The monoisotopic (exact) mass is 209 g/mol. The van der Waals surface area contributed by atoms with Crippen molar-refractivity contribution in [1.82, 2.24) is 20.2 Å². The highest BCUT2D eigenvalue weighted by Crippen LogP contribution is 2.23. The van der Waals surface area contributed by atoms with Crippen LogP contribution in [0.4, 0.5) is 5.69 Å². The number of aryl methyl sites for hydroxylation is 1. The Kier molecular flexibility index (Phi) is 2.09. The van der Waals surface area contributed by atoms with E-state index in [1.807, 2.05) is 0 Å². The molecule has 0 bridgehead atoms. The zero-order chi connectivity index (χ0) is 10.1. The Morgan fingerprint density at radius 2 is 2.14 bits per heavy atom. The van der Waals surface area contributed by atoms with Crippen LogP contribution in [-0.2, 0) is 7.05 Å². The van der Waals surface area contributed by atoms with E-state index in [4.69, 9.17) is 17.3 Å². The van der Waals surface area contributed by atoms with Crippen molar-refractivity contribution in [2.45, 2.75) is 0 Å². The van der Waals surface area contributed by atoms with Crippen molar-refractivity contribution in [2.75, 3.05) is 5.73 Å². The topological polar surface area (TPSA) is 69.6 Å². The molecular weight excluding hydrogens is 202 g/mol. The Balaban J connectivity index is 2.57. The van der Waals surface area contributed by atoms with Gasteiger partial charge in [0.25, 0.3) is 0 Å². The minimum atomic E-state index is 0.572. The Morgan fingerprint density at radius 1 is 1.36 bits per heavy atom. The fourth-order valence-corrected chi connectivity index (χ4v) is 1.46. The molecule has 6 heteroatoms. The average Bonchev–Trinajstić information content (AvgIpc) is 2.49. The third-order valence-electron chi connectivity index (χ3n) is 1.80. The van der Waals surface area contributed by atoms with Crippen LogP contribution in [0.2, 0.25) is 5.02 Å². The molecule has 0 amide bonds. The first-order valence-corrected chi connectivity index (χ1v) is 4.33. The zero-order valence-electron chi connectivity index (χ0n) is 7.48. The summed E-state index contributed by atoms with van der Waals surface area (Å²) >= 11 is 5.86. The first kappa shape index (κ1) is 8.96. The summed E-state index contributed by atoms with van der Waals surface area (Å²) in [7, 11) is 1.76. The molecule has 1 heterocycles. The summed E-state index contributed by atoms with van der Waals surface area (Å²) in [6.45, 7) is 0. The number of nitrogens with two attached hydrogens (primary N) is 1. The molecule has 0 aliphatic carbocycles. The lowest BCUT2D eigenvalue weighted by Gasteiger charge is -2.01. The molecule has 0 saturated carbocycles. The largest absolute Gasteiger partial charge is 0.399 e. The second-order valence-corrected chi connectivity index (χ2v) is 3.34. The van der Waals surface area contributed by atoms with Crippen molar-refractivity contribution < 1.29 is 0 Å². The Labute approximate surface area is 85.5 Å². The fourth-order valence-electron chi connectivity index (χ4n) is 1.22. The van der Waals surface area contributed by atoms with Crippen molar-refractivity contribution in [3.63, 3.8) is 0 Å². The van der Waals surface area contributed by atoms with E-state index in [-0.39, 0.29) is 0 Å². The van der Waals surface area contributed by atoms with Crippen molar-refractivity contribution in [3.8, 4) is 11.4 Å². The van der Waals surface area contributed by atoms with E-state index in [2.05, 4.69) is 15.5 Å². The van der Waals surface area contributed by atoms with Gasteiger partial charge in [-0.2, -0.15) is 0 Å². The lowest BCUT2D eigenvalue weighted by atomic mass is 10.2. The fraction of sp³-hybridized carbons (Fsp3) is 0.125. The first-order valence-electron chi connectivity index (χ1n) is 3.95. The molecular formula is C8H8ClN5. The SMILES string of the molecule is Cn1nnnc1-c1cc(N)cc(Cl)c1. The quantitative estimate of drug-likeness (QED) is 0.715. The summed E-state index contributed by atoms with van der Waals surface area (Å²) < 4.78 is 1.56. The number of halogens is 1. The van der Waals surface area contributed by atoms with Crippen molar-refractivity contribution >= 4 is 17.3 Å². The number of hydrogen-bond acceptors (Lipinski definition) is 4. The number of benzene rings is 1. The normalized spacial score (nSPS) is 10.4. The number of nitrogen functional groups attached to an aromatic ring is 1. The predicted octanol–water partition coefficient (Wildman–Crippen LogP) is 1.11. The van der Waals surface area contributed by atoms with Crippen LogP contribution in [0.15, 0.2) is 18.2 Å². The van der Waals surface area contributed by atoms with Gasteiger partial charge in [-0.25, -0.2) is 4.68 Å². The number of nitrogens with zero attached hydrogens (tertiary/aromatic N) is 4. The summed E-state index contributed by atoms with van der Waals surface area (Å²) in [5.74, 6) is 0.638. The molecule has 2 rings (SSSR count). The van der Waals surface area contributed by atoms with E-state index in [1.165, 1.54) is 0 Å². The van der Waals surface area contributed by atoms with Gasteiger partial charge in [-0.05, 0) is 28.6 Å². The Bertz CT molecular complexity index is 444. The van der Waals surface area contributed by atoms with Gasteiger partial charge in [-0.3, -0.25) is 0 Å². The maximum Gasteiger partial charge on any atom is 0.181 e. The summed E-state index contributed by atoms with van der Waals surface area (Å²) in [6, 6.07) is 5.22. The first-order chi connectivity index (χ1) is 6.66. The Morgan fingerprint density at radius 3 is 2.71 bits per heavy atom. The van der Waals surface area contributed by atoms with E-state index in [9.17, 15) is 0 Å². The highest BCUT2D eigenvalue weighted by molar-refractivity contribution is 6.31. The standard InChI is InChI=1S/C8H8ClN5/c1-14-8(11-12-13-14)5-2-6(9)4-7(10)3-5/h2-4H,10H2,1H3. The molecule has 14 heavy (non-hydrogen) atoms. The van der Waals surface area contributed by atoms with Crippen LogP contribution in [0.1, 0.15) is 0 Å². The molecule has 0 fully saturated rings. The predicted molar refractivity (Wildman–Crippen MR) is 53.7 cm³/mol. The van der Waals surface area contributed by atoms with E-state index < -0.39 is 0 Å². The van der Waals surface area contributed by atoms with Crippen LogP contribution in [0.25, 0.3) is 11.4 Å². The van der Waals surface area contributed by atoms with Crippen LogP contribution in [0, 0.1) is 0 Å². The number of tetrazole rings is 1. The van der Waals surface area contributed by atoms with Crippen LogP contribution in [0.5, 0.6) is 0 Å². The molecule has 2 N–H and O–H groups in total. The maximum atomic E-state index is 5.86. The van der Waals surface area contributed by atoms with Gasteiger partial charge < -0.3 is 5.73 Å². The minimum absolute atomic E-state index is 0.572. The molecule has 0 spiro atoms. The third-order valence-corrected chi connectivity index (χ3v) is 2.02. The molecule has 0 aliphatic heterocycles. The number of aromatic nitrogens is 4. The smallest absolute Gasteiger partial charge is 0.181 e. The van der Waals surface area contributed by atoms with Gasteiger partial charge in [0.05, 0.1) is 0 Å². The highest BCUT2D eigenvalue weighted by Gasteiger charge is 2.06. The van der Waals surface area contributed by atoms with Gasteiger partial charge in [0.1, 0.15) is 0 Å². The summed E-state index contributed by atoms with van der Waals surface area (Å²) in [5.41, 5.74) is 7.05. The Hall–Kier alpha value is -1.62. The van der Waals surface area contributed by atoms with Crippen molar-refractivity contribution in [1.29, 1.82) is 0 Å². The number of anilines is 1. The van der Waals surface area contributed by atoms with E-state index in [0.717, 1.165) is 5.56 Å². The molecule has 0 aliphatic rings. The van der Waals surface area contributed by atoms with Crippen molar-refractivity contribution in [2.24, 2.45) is 7.05 Å². The lowest BCUT2D eigenvalue weighted by Crippen LogP contribution is -1.95. The highest BCUT2D eigenvalue weighted by atomic mass is 35.5. The van der Waals surface area contributed by atoms with Gasteiger partial charge >= 0.3 is 0 Å². The summed E-state index contributed by atoms with van der Waals surface area (Å²) in [4.78, 5) is 0. The molecule has 1 aromatic heterocycles. The van der Waals surface area contributed by atoms with Gasteiger partial charge in [0.2, 0.25) is 0 Å². The minimum Gasteiger partial charge on any atom is -0.399 e. The van der Waals surface area contributed by atoms with Gasteiger partial charge in [0, 0.05) is 23.3 Å². The molecule has 72 valence electrons. The lowest BCUT2D eigenvalue weighted by molar-refractivity contribution is 0.715. The molecule has 5 nitrogen and oxygen atoms in total. The van der Waals surface area contributed by atoms with E-state index >= 15 is 0 Å². The van der Waals surface area contributed by atoms with Crippen LogP contribution in [0.3, 0.4) is 0 Å². The molecule has 0 unspecified atom stereocenters. The second kappa shape index (κ2) is 3.26. The van der Waals surface area contributed by atoms with Gasteiger partial charge in [0.15, 0.2) is 5.82 Å².